The van der Waals surface area contributed by atoms with E-state index in [4.69, 9.17) is 11.6 Å². The zero-order valence-electron chi connectivity index (χ0n) is 13.4. The van der Waals surface area contributed by atoms with Gasteiger partial charge in [0.2, 0.25) is 0 Å². The van der Waals surface area contributed by atoms with E-state index in [1.54, 1.807) is 0 Å². The first-order valence-electron chi connectivity index (χ1n) is 7.97. The first kappa shape index (κ1) is 16.1. The van der Waals surface area contributed by atoms with Crippen molar-refractivity contribution in [2.45, 2.75) is 6.04 Å². The fraction of sp³-hybridized carbons (Fsp3) is 0.300. The first-order chi connectivity index (χ1) is 11.2. The maximum atomic E-state index is 6.04. The Morgan fingerprint density at radius 3 is 2.22 bits per heavy atom. The lowest BCUT2D eigenvalue weighted by atomic mass is 10.0. The molecule has 3 rings (SSSR count). The lowest BCUT2D eigenvalue weighted by Gasteiger charge is -2.36. The predicted molar refractivity (Wildman–Crippen MR) is 96.6 cm³/mol. The molecule has 1 unspecified atom stereocenters. The van der Waals surface area contributed by atoms with Crippen molar-refractivity contribution in [2.75, 3.05) is 33.2 Å². The summed E-state index contributed by atoms with van der Waals surface area (Å²) < 4.78 is 0. The van der Waals surface area contributed by atoms with Gasteiger partial charge < -0.3 is 4.90 Å². The molecular formula is C20H21ClN2. The van der Waals surface area contributed by atoms with E-state index in [1.165, 1.54) is 5.56 Å². The van der Waals surface area contributed by atoms with Crippen LogP contribution in [0.5, 0.6) is 0 Å². The average Bonchev–Trinajstić information content (AvgIpc) is 2.59. The van der Waals surface area contributed by atoms with E-state index in [-0.39, 0.29) is 6.04 Å². The normalized spacial score (nSPS) is 17.3. The number of benzene rings is 2. The van der Waals surface area contributed by atoms with Crippen molar-refractivity contribution >= 4 is 11.6 Å². The summed E-state index contributed by atoms with van der Waals surface area (Å²) in [6.45, 7) is 4.23. The number of hydrogen-bond donors (Lipinski definition) is 0. The van der Waals surface area contributed by atoms with Crippen LogP contribution in [-0.2, 0) is 0 Å². The van der Waals surface area contributed by atoms with Gasteiger partial charge in [0.1, 0.15) is 0 Å². The minimum atomic E-state index is 0.112. The minimum absolute atomic E-state index is 0.112. The standard InChI is InChI=1S/C20H21ClN2/c1-22-13-15-23(16-14-22)20(18-8-10-19(21)11-9-18)12-7-17-5-3-2-4-6-17/h2-6,8-11,20H,13-16H2,1H3. The summed E-state index contributed by atoms with van der Waals surface area (Å²) in [7, 11) is 2.17. The summed E-state index contributed by atoms with van der Waals surface area (Å²) in [6.07, 6.45) is 0. The van der Waals surface area contributed by atoms with E-state index in [9.17, 15) is 0 Å². The molecule has 1 fully saturated rings. The van der Waals surface area contributed by atoms with Gasteiger partial charge in [-0.15, -0.1) is 0 Å². The van der Waals surface area contributed by atoms with Crippen molar-refractivity contribution in [2.24, 2.45) is 0 Å². The van der Waals surface area contributed by atoms with Crippen molar-refractivity contribution < 1.29 is 0 Å². The Kier molecular flexibility index (Phi) is 5.35. The van der Waals surface area contributed by atoms with Gasteiger partial charge in [0.05, 0.1) is 6.04 Å². The number of nitrogens with zero attached hydrogens (tertiary/aromatic N) is 2. The van der Waals surface area contributed by atoms with Gasteiger partial charge in [-0.2, -0.15) is 0 Å². The Morgan fingerprint density at radius 2 is 1.57 bits per heavy atom. The number of halogens is 1. The summed E-state index contributed by atoms with van der Waals surface area (Å²) >= 11 is 6.04. The molecule has 0 radical (unpaired) electrons. The summed E-state index contributed by atoms with van der Waals surface area (Å²) in [6, 6.07) is 18.4. The second-order valence-electron chi connectivity index (χ2n) is 5.93. The van der Waals surface area contributed by atoms with Gasteiger partial charge in [-0.25, -0.2) is 0 Å². The molecule has 2 nitrogen and oxygen atoms in total. The maximum absolute atomic E-state index is 6.04. The highest BCUT2D eigenvalue weighted by Crippen LogP contribution is 2.23. The van der Waals surface area contributed by atoms with E-state index >= 15 is 0 Å². The molecule has 1 aliphatic rings. The van der Waals surface area contributed by atoms with Gasteiger partial charge in [0.15, 0.2) is 0 Å². The van der Waals surface area contributed by atoms with Gasteiger partial charge in [-0.05, 0) is 36.9 Å². The zero-order chi connectivity index (χ0) is 16.1. The molecule has 2 aromatic rings. The summed E-state index contributed by atoms with van der Waals surface area (Å²) in [5, 5.41) is 0.766. The van der Waals surface area contributed by atoms with Crippen molar-refractivity contribution in [3.05, 3.63) is 70.7 Å². The zero-order valence-corrected chi connectivity index (χ0v) is 14.1. The number of rotatable bonds is 2. The van der Waals surface area contributed by atoms with Crippen LogP contribution in [0.1, 0.15) is 17.2 Å². The summed E-state index contributed by atoms with van der Waals surface area (Å²) in [5.41, 5.74) is 2.27. The van der Waals surface area contributed by atoms with Crippen molar-refractivity contribution in [3.63, 3.8) is 0 Å². The Bertz CT molecular complexity index is 677. The highest BCUT2D eigenvalue weighted by molar-refractivity contribution is 6.30. The molecule has 3 heteroatoms. The lowest BCUT2D eigenvalue weighted by molar-refractivity contribution is 0.133. The Labute approximate surface area is 143 Å². The molecule has 1 heterocycles. The monoisotopic (exact) mass is 324 g/mol. The molecule has 0 saturated carbocycles. The van der Waals surface area contributed by atoms with Crippen LogP contribution < -0.4 is 0 Å². The van der Waals surface area contributed by atoms with Gasteiger partial charge in [-0.3, -0.25) is 4.90 Å². The lowest BCUT2D eigenvalue weighted by Crippen LogP contribution is -2.45. The quantitative estimate of drug-likeness (QED) is 0.778. The van der Waals surface area contributed by atoms with Crippen molar-refractivity contribution in [3.8, 4) is 11.8 Å². The maximum Gasteiger partial charge on any atom is 0.0975 e. The van der Waals surface area contributed by atoms with Crippen LogP contribution in [-0.4, -0.2) is 43.0 Å². The molecule has 1 saturated heterocycles. The van der Waals surface area contributed by atoms with Gasteiger partial charge >= 0.3 is 0 Å². The minimum Gasteiger partial charge on any atom is -0.304 e. The summed E-state index contributed by atoms with van der Waals surface area (Å²) in [5.74, 6) is 6.80. The van der Waals surface area contributed by atoms with E-state index in [2.05, 4.69) is 53.0 Å². The highest BCUT2D eigenvalue weighted by Gasteiger charge is 2.22. The van der Waals surface area contributed by atoms with Crippen molar-refractivity contribution in [1.29, 1.82) is 0 Å². The smallest absolute Gasteiger partial charge is 0.0975 e. The summed E-state index contributed by atoms with van der Waals surface area (Å²) in [4.78, 5) is 4.82. The molecular weight excluding hydrogens is 304 g/mol. The second kappa shape index (κ2) is 7.66. The number of piperazine rings is 1. The van der Waals surface area contributed by atoms with Crippen LogP contribution in [0.3, 0.4) is 0 Å². The molecule has 1 aliphatic heterocycles. The predicted octanol–water partition coefficient (Wildman–Crippen LogP) is 3.68. The number of hydrogen-bond acceptors (Lipinski definition) is 2. The molecule has 0 aliphatic carbocycles. The van der Waals surface area contributed by atoms with E-state index in [1.807, 2.05) is 30.3 Å². The Hall–Kier alpha value is -1.79. The van der Waals surface area contributed by atoms with Crippen molar-refractivity contribution in [1.82, 2.24) is 9.80 Å². The number of likely N-dealkylation sites (N-methyl/N-ethyl adjacent to an activating group) is 1. The molecule has 118 valence electrons. The fourth-order valence-electron chi connectivity index (χ4n) is 2.78. The van der Waals surface area contributed by atoms with Gasteiger partial charge in [-0.1, -0.05) is 53.8 Å². The Balaban J connectivity index is 1.87. The second-order valence-corrected chi connectivity index (χ2v) is 6.37. The molecule has 0 spiro atoms. The largest absolute Gasteiger partial charge is 0.304 e. The molecule has 23 heavy (non-hydrogen) atoms. The van der Waals surface area contributed by atoms with E-state index < -0.39 is 0 Å². The van der Waals surface area contributed by atoms with Crippen LogP contribution in [0, 0.1) is 11.8 Å². The molecule has 0 amide bonds. The topological polar surface area (TPSA) is 6.48 Å². The van der Waals surface area contributed by atoms with Gasteiger partial charge in [0, 0.05) is 36.8 Å². The molecule has 0 bridgehead atoms. The van der Waals surface area contributed by atoms with Gasteiger partial charge in [0.25, 0.3) is 0 Å². The van der Waals surface area contributed by atoms with Crippen LogP contribution >= 0.6 is 11.6 Å². The highest BCUT2D eigenvalue weighted by atomic mass is 35.5. The Morgan fingerprint density at radius 1 is 0.913 bits per heavy atom. The van der Waals surface area contributed by atoms with E-state index in [0.29, 0.717) is 0 Å². The third kappa shape index (κ3) is 4.36. The third-order valence-corrected chi connectivity index (χ3v) is 4.47. The molecule has 2 aromatic carbocycles. The van der Waals surface area contributed by atoms with Crippen LogP contribution in [0.15, 0.2) is 54.6 Å². The third-order valence-electron chi connectivity index (χ3n) is 4.22. The molecule has 0 N–H and O–H groups in total. The fourth-order valence-corrected chi connectivity index (χ4v) is 2.91. The van der Waals surface area contributed by atoms with Crippen LogP contribution in [0.4, 0.5) is 0 Å². The average molecular weight is 325 g/mol. The first-order valence-corrected chi connectivity index (χ1v) is 8.35. The van der Waals surface area contributed by atoms with Crippen LogP contribution in [0.25, 0.3) is 0 Å². The SMILES string of the molecule is CN1CCN(C(C#Cc2ccccc2)c2ccc(Cl)cc2)CC1. The van der Waals surface area contributed by atoms with Crippen LogP contribution in [0.2, 0.25) is 5.02 Å². The molecule has 1 atom stereocenters. The van der Waals surface area contributed by atoms with E-state index in [0.717, 1.165) is 36.8 Å². The molecule has 0 aromatic heterocycles.